The second-order valence-electron chi connectivity index (χ2n) is 6.28. The van der Waals surface area contributed by atoms with Crippen molar-refractivity contribution < 1.29 is 24.6 Å². The summed E-state index contributed by atoms with van der Waals surface area (Å²) in [6.07, 6.45) is 1.59. The highest BCUT2D eigenvalue weighted by Crippen LogP contribution is 2.29. The van der Waals surface area contributed by atoms with E-state index < -0.39 is 23.4 Å². The molecule has 8 heteroatoms. The molecule has 2 fully saturated rings. The maximum absolute atomic E-state index is 12.7. The van der Waals surface area contributed by atoms with E-state index in [4.69, 9.17) is 16.7 Å². The SMILES string of the molecule is O=C(O)/C=C(\C(=O)O)c1cc(Cl)ccc1C(=O)NC1CN2CCC1C2. The second kappa shape index (κ2) is 6.85. The molecule has 2 aliphatic rings. The van der Waals surface area contributed by atoms with Gasteiger partial charge >= 0.3 is 11.9 Å². The first kappa shape index (κ1) is 17.4. The Morgan fingerprint density at radius 1 is 1.20 bits per heavy atom. The molecule has 2 aliphatic heterocycles. The van der Waals surface area contributed by atoms with Crippen LogP contribution in [0.2, 0.25) is 5.02 Å². The van der Waals surface area contributed by atoms with E-state index in [-0.39, 0.29) is 22.2 Å². The van der Waals surface area contributed by atoms with Crippen LogP contribution < -0.4 is 5.32 Å². The zero-order chi connectivity index (χ0) is 18.1. The number of fused-ring (bicyclic) bond motifs is 2. The van der Waals surface area contributed by atoms with E-state index in [0.717, 1.165) is 26.1 Å². The molecule has 3 unspecified atom stereocenters. The van der Waals surface area contributed by atoms with E-state index in [2.05, 4.69) is 10.2 Å². The van der Waals surface area contributed by atoms with Gasteiger partial charge < -0.3 is 20.4 Å². The maximum Gasteiger partial charge on any atom is 0.336 e. The van der Waals surface area contributed by atoms with Crippen LogP contribution in [0.4, 0.5) is 0 Å². The van der Waals surface area contributed by atoms with Gasteiger partial charge in [-0.15, -0.1) is 0 Å². The molecule has 0 aliphatic carbocycles. The van der Waals surface area contributed by atoms with Crippen molar-refractivity contribution in [3.8, 4) is 0 Å². The zero-order valence-electron chi connectivity index (χ0n) is 13.2. The van der Waals surface area contributed by atoms with Gasteiger partial charge in [0.2, 0.25) is 0 Å². The fourth-order valence-corrected chi connectivity index (χ4v) is 3.68. The number of piperidine rings is 1. The van der Waals surface area contributed by atoms with Crippen molar-refractivity contribution in [2.75, 3.05) is 19.6 Å². The van der Waals surface area contributed by atoms with Gasteiger partial charge in [0.1, 0.15) is 0 Å². The molecule has 0 saturated carbocycles. The summed E-state index contributed by atoms with van der Waals surface area (Å²) in [5, 5.41) is 21.4. The Kier molecular flexibility index (Phi) is 4.78. The van der Waals surface area contributed by atoms with Gasteiger partial charge in [0.25, 0.3) is 5.91 Å². The van der Waals surface area contributed by atoms with Gasteiger partial charge in [-0.05, 0) is 37.1 Å². The van der Waals surface area contributed by atoms with Crippen LogP contribution in [0.15, 0.2) is 24.3 Å². The van der Waals surface area contributed by atoms with Gasteiger partial charge in [-0.1, -0.05) is 11.6 Å². The molecule has 2 heterocycles. The zero-order valence-corrected chi connectivity index (χ0v) is 14.0. The molecule has 3 N–H and O–H groups in total. The lowest BCUT2D eigenvalue weighted by Gasteiger charge is -2.23. The number of rotatable bonds is 5. The predicted molar refractivity (Wildman–Crippen MR) is 90.5 cm³/mol. The van der Waals surface area contributed by atoms with Gasteiger partial charge in [0.05, 0.1) is 5.57 Å². The molecule has 132 valence electrons. The molecule has 1 aromatic carbocycles. The van der Waals surface area contributed by atoms with Crippen LogP contribution in [0.25, 0.3) is 5.57 Å². The fraction of sp³-hybridized carbons (Fsp3) is 0.353. The quantitative estimate of drug-likeness (QED) is 0.680. The minimum Gasteiger partial charge on any atom is -0.478 e. The van der Waals surface area contributed by atoms with Gasteiger partial charge in [0, 0.05) is 41.4 Å². The summed E-state index contributed by atoms with van der Waals surface area (Å²) in [7, 11) is 0. The van der Waals surface area contributed by atoms with Crippen LogP contribution in [0.5, 0.6) is 0 Å². The topological polar surface area (TPSA) is 107 Å². The number of carboxylic acid groups (broad SMARTS) is 2. The van der Waals surface area contributed by atoms with E-state index in [1.54, 1.807) is 0 Å². The number of hydrogen-bond donors (Lipinski definition) is 3. The Morgan fingerprint density at radius 3 is 2.52 bits per heavy atom. The third-order valence-corrected chi connectivity index (χ3v) is 4.90. The number of nitrogens with zero attached hydrogens (tertiary/aromatic N) is 1. The minimum atomic E-state index is -1.44. The Morgan fingerprint density at radius 2 is 1.96 bits per heavy atom. The standard InChI is InChI=1S/C17H17ClN2O5/c18-10-1-2-11(12(5-10)13(17(24)25)6-15(21)22)16(23)19-14-8-20-4-3-9(14)7-20/h1-2,5-6,9,14H,3-4,7-8H2,(H,19,23)(H,21,22)(H,24,25)/b13-6-. The van der Waals surface area contributed by atoms with Crippen molar-refractivity contribution in [3.63, 3.8) is 0 Å². The van der Waals surface area contributed by atoms with E-state index in [9.17, 15) is 19.5 Å². The molecule has 0 spiro atoms. The molecule has 25 heavy (non-hydrogen) atoms. The van der Waals surface area contributed by atoms with Crippen molar-refractivity contribution in [1.29, 1.82) is 0 Å². The number of carbonyl (C=O) groups is 3. The molecule has 3 atom stereocenters. The lowest BCUT2D eigenvalue weighted by molar-refractivity contribution is -0.133. The van der Waals surface area contributed by atoms with Crippen molar-refractivity contribution >= 4 is 35.0 Å². The molecule has 0 radical (unpaired) electrons. The highest BCUT2D eigenvalue weighted by atomic mass is 35.5. The summed E-state index contributed by atoms with van der Waals surface area (Å²) >= 11 is 5.92. The number of halogens is 1. The van der Waals surface area contributed by atoms with E-state index in [1.165, 1.54) is 18.2 Å². The average molecular weight is 365 g/mol. The molecule has 2 bridgehead atoms. The molecule has 7 nitrogen and oxygen atoms in total. The Balaban J connectivity index is 1.91. The number of amides is 1. The van der Waals surface area contributed by atoms with Crippen molar-refractivity contribution in [2.45, 2.75) is 12.5 Å². The van der Waals surface area contributed by atoms with Gasteiger partial charge in [-0.2, -0.15) is 0 Å². The maximum atomic E-state index is 12.7. The smallest absolute Gasteiger partial charge is 0.336 e. The van der Waals surface area contributed by atoms with Crippen LogP contribution in [0, 0.1) is 5.92 Å². The lowest BCUT2D eigenvalue weighted by Crippen LogP contribution is -2.43. The number of hydrogen-bond acceptors (Lipinski definition) is 4. The predicted octanol–water partition coefficient (Wildman–Crippen LogP) is 1.33. The summed E-state index contributed by atoms with van der Waals surface area (Å²) in [6.45, 7) is 2.77. The average Bonchev–Trinajstić information content (AvgIpc) is 3.14. The largest absolute Gasteiger partial charge is 0.478 e. The Bertz CT molecular complexity index is 776. The number of carboxylic acids is 2. The second-order valence-corrected chi connectivity index (χ2v) is 6.72. The molecule has 0 aromatic heterocycles. The van der Waals surface area contributed by atoms with Gasteiger partial charge in [-0.25, -0.2) is 9.59 Å². The van der Waals surface area contributed by atoms with Crippen LogP contribution in [-0.2, 0) is 9.59 Å². The molecular weight excluding hydrogens is 348 g/mol. The third kappa shape index (κ3) is 3.67. The van der Waals surface area contributed by atoms with Crippen molar-refractivity contribution in [1.82, 2.24) is 10.2 Å². The highest BCUT2D eigenvalue weighted by Gasteiger charge is 2.39. The first-order valence-corrected chi connectivity index (χ1v) is 8.24. The summed E-state index contributed by atoms with van der Waals surface area (Å²) in [4.78, 5) is 37.3. The number of carbonyl (C=O) groups excluding carboxylic acids is 1. The van der Waals surface area contributed by atoms with Crippen molar-refractivity contribution in [2.24, 2.45) is 5.92 Å². The molecule has 1 amide bonds. The summed E-state index contributed by atoms with van der Waals surface area (Å²) < 4.78 is 0. The number of nitrogens with one attached hydrogen (secondary N) is 1. The Labute approximate surface area is 148 Å². The van der Waals surface area contributed by atoms with Crippen LogP contribution in [0.3, 0.4) is 0 Å². The first-order valence-electron chi connectivity index (χ1n) is 7.86. The molecule has 2 saturated heterocycles. The summed E-state index contributed by atoms with van der Waals surface area (Å²) in [5.41, 5.74) is -0.405. The highest BCUT2D eigenvalue weighted by molar-refractivity contribution is 6.31. The minimum absolute atomic E-state index is 0.0108. The summed E-state index contributed by atoms with van der Waals surface area (Å²) in [5.74, 6) is -2.88. The Hall–Kier alpha value is -2.38. The number of aliphatic carboxylic acids is 2. The molecule has 1 aromatic rings. The molecule has 3 rings (SSSR count). The normalized spacial score (nSPS) is 25.0. The molecular formula is C17H17ClN2O5. The fourth-order valence-electron chi connectivity index (χ4n) is 3.51. The number of benzene rings is 1. The monoisotopic (exact) mass is 364 g/mol. The lowest BCUT2D eigenvalue weighted by atomic mass is 9.96. The van der Waals surface area contributed by atoms with Crippen LogP contribution in [-0.4, -0.2) is 58.6 Å². The van der Waals surface area contributed by atoms with E-state index in [0.29, 0.717) is 12.0 Å². The van der Waals surface area contributed by atoms with Gasteiger partial charge in [-0.3, -0.25) is 4.79 Å². The van der Waals surface area contributed by atoms with Crippen LogP contribution >= 0.6 is 11.6 Å². The van der Waals surface area contributed by atoms with Crippen LogP contribution in [0.1, 0.15) is 22.3 Å². The summed E-state index contributed by atoms with van der Waals surface area (Å²) in [6, 6.07) is 4.20. The first-order chi connectivity index (χ1) is 11.8. The van der Waals surface area contributed by atoms with Crippen molar-refractivity contribution in [3.05, 3.63) is 40.4 Å². The van der Waals surface area contributed by atoms with Gasteiger partial charge in [0.15, 0.2) is 0 Å². The third-order valence-electron chi connectivity index (χ3n) is 4.66. The van der Waals surface area contributed by atoms with E-state index >= 15 is 0 Å². The van der Waals surface area contributed by atoms with E-state index in [1.807, 2.05) is 0 Å².